The molecule has 0 aliphatic rings. The summed E-state index contributed by atoms with van der Waals surface area (Å²) in [6, 6.07) is 14.7. The molecule has 0 fully saturated rings. The highest BCUT2D eigenvalue weighted by molar-refractivity contribution is 8.00. The van der Waals surface area contributed by atoms with Gasteiger partial charge in [0.1, 0.15) is 11.2 Å². The van der Waals surface area contributed by atoms with Gasteiger partial charge in [-0.2, -0.15) is 0 Å². The van der Waals surface area contributed by atoms with Crippen LogP contribution in [0, 0.1) is 13.8 Å². The molecule has 0 saturated heterocycles. The molecule has 1 amide bonds. The maximum Gasteiger partial charge on any atom is 0.337 e. The highest BCUT2D eigenvalue weighted by Crippen LogP contribution is 2.25. The predicted octanol–water partition coefficient (Wildman–Crippen LogP) is 3.26. The van der Waals surface area contributed by atoms with Crippen LogP contribution < -0.4 is 16.6 Å². The lowest BCUT2D eigenvalue weighted by Crippen LogP contribution is -2.41. The number of aromatic nitrogens is 3. The number of carbonyl (C=O) groups is 1. The van der Waals surface area contributed by atoms with Crippen molar-refractivity contribution in [1.29, 1.82) is 0 Å². The maximum atomic E-state index is 13.3. The van der Waals surface area contributed by atoms with Gasteiger partial charge in [0, 0.05) is 6.54 Å². The minimum Gasteiger partial charge on any atom is -0.350 e. The summed E-state index contributed by atoms with van der Waals surface area (Å²) in [6.45, 7) is 4.18. The first-order chi connectivity index (χ1) is 15.4. The second-order valence-electron chi connectivity index (χ2n) is 7.38. The predicted molar refractivity (Wildman–Crippen MR) is 129 cm³/mol. The molecule has 2 aromatic heterocycles. The first-order valence-corrected chi connectivity index (χ1v) is 12.0. The Morgan fingerprint density at radius 2 is 1.84 bits per heavy atom. The monoisotopic (exact) mass is 466 g/mol. The summed E-state index contributed by atoms with van der Waals surface area (Å²) in [6.07, 6.45) is 1.85. The molecule has 4 rings (SSSR count). The van der Waals surface area contributed by atoms with E-state index in [0.29, 0.717) is 21.3 Å². The zero-order chi connectivity index (χ0) is 22.8. The van der Waals surface area contributed by atoms with Gasteiger partial charge in [0.05, 0.1) is 5.69 Å². The number of fused-ring (bicyclic) bond motifs is 1. The molecule has 0 spiro atoms. The van der Waals surface area contributed by atoms with Crippen LogP contribution in [-0.4, -0.2) is 26.3 Å². The van der Waals surface area contributed by atoms with Gasteiger partial charge in [-0.3, -0.25) is 14.2 Å². The smallest absolute Gasteiger partial charge is 0.337 e. The minimum atomic E-state index is -0.590. The van der Waals surface area contributed by atoms with E-state index in [0.717, 1.165) is 15.7 Å². The van der Waals surface area contributed by atoms with Gasteiger partial charge >= 0.3 is 5.69 Å². The first kappa shape index (κ1) is 22.0. The number of thioether (sulfide) groups is 1. The van der Waals surface area contributed by atoms with E-state index in [1.165, 1.54) is 33.2 Å². The van der Waals surface area contributed by atoms with Gasteiger partial charge in [0.2, 0.25) is 5.91 Å². The molecule has 2 heterocycles. The number of carbonyl (C=O) groups excluding carboxylic acids is 1. The van der Waals surface area contributed by atoms with Gasteiger partial charge in [-0.05, 0) is 48.9 Å². The number of hydrogen-bond donors (Lipinski definition) is 1. The van der Waals surface area contributed by atoms with E-state index in [1.807, 2.05) is 44.4 Å². The van der Waals surface area contributed by atoms with Crippen LogP contribution >= 0.6 is 23.1 Å². The molecular weight excluding hydrogens is 444 g/mol. The van der Waals surface area contributed by atoms with Crippen molar-refractivity contribution < 1.29 is 4.79 Å². The first-order valence-electron chi connectivity index (χ1n) is 9.97. The number of thiazole rings is 1. The fourth-order valence-electron chi connectivity index (χ4n) is 3.36. The maximum absolute atomic E-state index is 13.3. The number of aryl methyl sites for hydroxylation is 2. The van der Waals surface area contributed by atoms with Crippen LogP contribution in [0.2, 0.25) is 0 Å². The van der Waals surface area contributed by atoms with Crippen molar-refractivity contribution in [3.05, 3.63) is 86.1 Å². The molecule has 0 unspecified atom stereocenters. The third-order valence-corrected chi connectivity index (χ3v) is 7.23. The molecule has 0 atom stereocenters. The fraction of sp³-hybridized carbons (Fsp3) is 0.217. The average Bonchev–Trinajstić information content (AvgIpc) is 3.23. The summed E-state index contributed by atoms with van der Waals surface area (Å²) in [7, 11) is 0. The van der Waals surface area contributed by atoms with Crippen LogP contribution in [0.3, 0.4) is 0 Å². The fourth-order valence-corrected chi connectivity index (χ4v) is 4.86. The van der Waals surface area contributed by atoms with E-state index >= 15 is 0 Å². The summed E-state index contributed by atoms with van der Waals surface area (Å²) < 4.78 is 3.38. The molecular formula is C23H22N4O3S2. The number of amides is 1. The molecule has 0 saturated carbocycles. The van der Waals surface area contributed by atoms with Crippen LogP contribution in [0.5, 0.6) is 0 Å². The van der Waals surface area contributed by atoms with Gasteiger partial charge in [-0.1, -0.05) is 48.2 Å². The van der Waals surface area contributed by atoms with Gasteiger partial charge in [0.15, 0.2) is 9.99 Å². The zero-order valence-corrected chi connectivity index (χ0v) is 19.5. The highest BCUT2D eigenvalue weighted by Gasteiger charge is 2.20. The molecule has 0 aliphatic heterocycles. The summed E-state index contributed by atoms with van der Waals surface area (Å²) in [5.74, 6) is -0.330. The Bertz CT molecular complexity index is 1420. The minimum absolute atomic E-state index is 0.231. The number of para-hydroxylation sites is 1. The molecule has 1 N–H and O–H groups in total. The Labute approximate surface area is 192 Å². The molecule has 164 valence electrons. The number of nitrogens with zero attached hydrogens (tertiary/aromatic N) is 3. The quantitative estimate of drug-likeness (QED) is 0.441. The number of benzene rings is 2. The highest BCUT2D eigenvalue weighted by atomic mass is 32.2. The molecule has 32 heavy (non-hydrogen) atoms. The van der Waals surface area contributed by atoms with Crippen molar-refractivity contribution >= 4 is 39.4 Å². The van der Waals surface area contributed by atoms with Crippen molar-refractivity contribution in [3.63, 3.8) is 0 Å². The third kappa shape index (κ3) is 4.26. The van der Waals surface area contributed by atoms with Crippen LogP contribution in [0.15, 0.2) is 62.5 Å². The van der Waals surface area contributed by atoms with Gasteiger partial charge in [-0.25, -0.2) is 14.3 Å². The van der Waals surface area contributed by atoms with Crippen molar-refractivity contribution in [2.45, 2.75) is 31.3 Å². The zero-order valence-electron chi connectivity index (χ0n) is 17.9. The van der Waals surface area contributed by atoms with E-state index in [1.54, 1.807) is 24.3 Å². The van der Waals surface area contributed by atoms with Crippen molar-refractivity contribution in [2.75, 3.05) is 6.26 Å². The Hall–Kier alpha value is -3.17. The van der Waals surface area contributed by atoms with Crippen molar-refractivity contribution in [1.82, 2.24) is 19.4 Å². The largest absolute Gasteiger partial charge is 0.350 e. The van der Waals surface area contributed by atoms with Gasteiger partial charge in [-0.15, -0.1) is 11.3 Å². The van der Waals surface area contributed by atoms with Crippen LogP contribution in [0.4, 0.5) is 0 Å². The Morgan fingerprint density at radius 3 is 2.53 bits per heavy atom. The molecule has 2 aromatic carbocycles. The number of hydrogen-bond acceptors (Lipinski definition) is 6. The average molecular weight is 467 g/mol. The van der Waals surface area contributed by atoms with Crippen LogP contribution in [0.1, 0.15) is 16.7 Å². The van der Waals surface area contributed by atoms with E-state index in [4.69, 9.17) is 0 Å². The second-order valence-corrected chi connectivity index (χ2v) is 9.43. The molecule has 4 aromatic rings. The van der Waals surface area contributed by atoms with Crippen LogP contribution in [-0.2, 0) is 17.9 Å². The van der Waals surface area contributed by atoms with Crippen molar-refractivity contribution in [2.24, 2.45) is 0 Å². The Kier molecular flexibility index (Phi) is 6.29. The summed E-state index contributed by atoms with van der Waals surface area (Å²) in [5, 5.41) is 2.87. The Morgan fingerprint density at radius 1 is 1.09 bits per heavy atom. The molecule has 0 bridgehead atoms. The lowest BCUT2D eigenvalue weighted by atomic mass is 10.1. The summed E-state index contributed by atoms with van der Waals surface area (Å²) in [4.78, 5) is 43.6. The van der Waals surface area contributed by atoms with Crippen molar-refractivity contribution in [3.8, 4) is 5.69 Å². The SMILES string of the molecule is CSc1nc2c(s1)c(=O)n(-c1ccccc1)c(=O)n2CC(=O)NCc1ccc(C)c(C)c1. The van der Waals surface area contributed by atoms with E-state index in [9.17, 15) is 14.4 Å². The van der Waals surface area contributed by atoms with Gasteiger partial charge in [0.25, 0.3) is 5.56 Å². The standard InChI is InChI=1S/C23H22N4O3S2/c1-14-9-10-16(11-15(14)2)12-24-18(28)13-26-20-19(32-22(25-20)31-3)21(29)27(23(26)30)17-7-5-4-6-8-17/h4-11H,12-13H2,1-3H3,(H,24,28). The topological polar surface area (TPSA) is 86.0 Å². The lowest BCUT2D eigenvalue weighted by Gasteiger charge is -2.12. The lowest BCUT2D eigenvalue weighted by molar-refractivity contribution is -0.121. The number of rotatable bonds is 6. The van der Waals surface area contributed by atoms with E-state index < -0.39 is 11.2 Å². The molecule has 9 heteroatoms. The molecule has 7 nitrogen and oxygen atoms in total. The normalized spacial score (nSPS) is 11.1. The third-order valence-electron chi connectivity index (χ3n) is 5.22. The summed E-state index contributed by atoms with van der Waals surface area (Å²) >= 11 is 2.61. The van der Waals surface area contributed by atoms with Crippen LogP contribution in [0.25, 0.3) is 16.0 Å². The molecule has 0 aliphatic carbocycles. The Balaban J connectivity index is 1.71. The van der Waals surface area contributed by atoms with E-state index in [-0.39, 0.29) is 18.1 Å². The second kappa shape index (κ2) is 9.13. The van der Waals surface area contributed by atoms with E-state index in [2.05, 4.69) is 10.3 Å². The summed E-state index contributed by atoms with van der Waals surface area (Å²) in [5.41, 5.74) is 2.98. The number of nitrogens with one attached hydrogen (secondary N) is 1. The van der Waals surface area contributed by atoms with Gasteiger partial charge < -0.3 is 5.32 Å². The molecule has 0 radical (unpaired) electrons.